The van der Waals surface area contributed by atoms with E-state index in [0.29, 0.717) is 19.6 Å². The van der Waals surface area contributed by atoms with Crippen molar-refractivity contribution in [3.05, 3.63) is 0 Å². The fourth-order valence-corrected chi connectivity index (χ4v) is 1.42. The molecule has 1 aliphatic rings. The van der Waals surface area contributed by atoms with Crippen molar-refractivity contribution in [1.29, 1.82) is 0 Å². The summed E-state index contributed by atoms with van der Waals surface area (Å²) in [7, 11) is 1.74. The van der Waals surface area contributed by atoms with Gasteiger partial charge in [0, 0.05) is 0 Å². The molecule has 13 heavy (non-hydrogen) atoms. The number of carbonyl (C=O) groups excluding carboxylic acids is 1. The zero-order chi connectivity index (χ0) is 10.1. The summed E-state index contributed by atoms with van der Waals surface area (Å²) in [5.41, 5.74) is -0.649. The van der Waals surface area contributed by atoms with Crippen molar-refractivity contribution in [3.63, 3.8) is 0 Å². The van der Waals surface area contributed by atoms with Gasteiger partial charge in [0.05, 0.1) is 19.6 Å². The number of likely N-dealkylation sites (N-methyl/N-ethyl adjacent to an activating group) is 1. The average molecular weight is 186 g/mol. The highest BCUT2D eigenvalue weighted by molar-refractivity contribution is 5.79. The van der Waals surface area contributed by atoms with Crippen molar-refractivity contribution in [3.8, 4) is 0 Å². The van der Waals surface area contributed by atoms with Crippen molar-refractivity contribution in [2.45, 2.75) is 19.4 Å². The zero-order valence-corrected chi connectivity index (χ0v) is 8.50. The molecule has 4 heteroatoms. The number of aliphatic hydroxyl groups is 1. The molecule has 2 N–H and O–H groups in total. The van der Waals surface area contributed by atoms with Gasteiger partial charge in [0.1, 0.15) is 5.60 Å². The van der Waals surface area contributed by atoms with Gasteiger partial charge < -0.3 is 15.3 Å². The predicted octanol–water partition coefficient (Wildman–Crippen LogP) is -0.565. The molecule has 1 heterocycles. The zero-order valence-electron chi connectivity index (χ0n) is 8.50. The molecular weight excluding hydrogens is 168 g/mol. The number of nitrogens with one attached hydrogen (secondary N) is 1. The third kappa shape index (κ3) is 2.00. The highest BCUT2D eigenvalue weighted by Crippen LogP contribution is 2.28. The number of β-amino-alcohol motifs (C(OH)–C–C–N with tert-alkyl or cyclic N) is 1. The van der Waals surface area contributed by atoms with Gasteiger partial charge in [0.2, 0.25) is 5.91 Å². The van der Waals surface area contributed by atoms with Crippen LogP contribution in [0.1, 0.15) is 13.8 Å². The average Bonchev–Trinajstić information content (AvgIpc) is 1.98. The van der Waals surface area contributed by atoms with Crippen LogP contribution in [0.2, 0.25) is 0 Å². The summed E-state index contributed by atoms with van der Waals surface area (Å²) in [6.45, 7) is 5.25. The Morgan fingerprint density at radius 2 is 2.15 bits per heavy atom. The largest absolute Gasteiger partial charge is 0.386 e. The molecule has 0 unspecified atom stereocenters. The van der Waals surface area contributed by atoms with E-state index in [9.17, 15) is 9.90 Å². The van der Waals surface area contributed by atoms with E-state index >= 15 is 0 Å². The van der Waals surface area contributed by atoms with Gasteiger partial charge in [-0.1, -0.05) is 13.8 Å². The Bertz CT molecular complexity index is 198. The van der Waals surface area contributed by atoms with Gasteiger partial charge in [-0.25, -0.2) is 0 Å². The number of amides is 1. The van der Waals surface area contributed by atoms with Gasteiger partial charge in [-0.2, -0.15) is 0 Å². The third-order valence-electron chi connectivity index (χ3n) is 2.68. The Balaban J connectivity index is 2.36. The van der Waals surface area contributed by atoms with Crippen LogP contribution in [0.4, 0.5) is 0 Å². The van der Waals surface area contributed by atoms with Crippen LogP contribution in [0.3, 0.4) is 0 Å². The van der Waals surface area contributed by atoms with Crippen molar-refractivity contribution in [2.75, 3.05) is 26.7 Å². The molecule has 0 bridgehead atoms. The summed E-state index contributed by atoms with van der Waals surface area (Å²) in [6.07, 6.45) is 0. The minimum Gasteiger partial charge on any atom is -0.386 e. The molecule has 0 saturated carbocycles. The summed E-state index contributed by atoms with van der Waals surface area (Å²) in [4.78, 5) is 13.0. The molecule has 76 valence electrons. The Morgan fingerprint density at radius 1 is 1.62 bits per heavy atom. The predicted molar refractivity (Wildman–Crippen MR) is 50.3 cm³/mol. The lowest BCUT2D eigenvalue weighted by Crippen LogP contribution is -2.66. The molecule has 0 atom stereocenters. The number of likely N-dealkylation sites (tertiary alicyclic amines) is 1. The molecule has 1 aliphatic heterocycles. The minimum absolute atomic E-state index is 0.0628. The Kier molecular flexibility index (Phi) is 2.93. The van der Waals surface area contributed by atoms with Crippen LogP contribution < -0.4 is 5.32 Å². The van der Waals surface area contributed by atoms with E-state index in [1.807, 2.05) is 13.8 Å². The fourth-order valence-electron chi connectivity index (χ4n) is 1.42. The van der Waals surface area contributed by atoms with Gasteiger partial charge in [-0.15, -0.1) is 0 Å². The van der Waals surface area contributed by atoms with Crippen LogP contribution in [0, 0.1) is 5.92 Å². The summed E-state index contributed by atoms with van der Waals surface area (Å²) < 4.78 is 0. The van der Waals surface area contributed by atoms with E-state index in [1.54, 1.807) is 11.9 Å². The third-order valence-corrected chi connectivity index (χ3v) is 2.68. The first kappa shape index (κ1) is 10.5. The second-order valence-corrected chi connectivity index (χ2v) is 4.04. The van der Waals surface area contributed by atoms with E-state index in [2.05, 4.69) is 5.32 Å². The van der Waals surface area contributed by atoms with Crippen LogP contribution >= 0.6 is 0 Å². The SMILES string of the molecule is CNCC(=O)N1CC(O)(C(C)C)C1. The molecule has 0 aromatic carbocycles. The maximum Gasteiger partial charge on any atom is 0.236 e. The lowest BCUT2D eigenvalue weighted by Gasteiger charge is -2.49. The number of rotatable bonds is 3. The number of hydrogen-bond acceptors (Lipinski definition) is 3. The van der Waals surface area contributed by atoms with Gasteiger partial charge in [0.15, 0.2) is 0 Å². The molecule has 0 radical (unpaired) electrons. The first-order chi connectivity index (χ1) is 5.99. The van der Waals surface area contributed by atoms with Crippen molar-refractivity contribution in [2.24, 2.45) is 5.92 Å². The van der Waals surface area contributed by atoms with Crippen LogP contribution in [0.5, 0.6) is 0 Å². The number of carbonyl (C=O) groups is 1. The van der Waals surface area contributed by atoms with Crippen LogP contribution in [-0.2, 0) is 4.79 Å². The lowest BCUT2D eigenvalue weighted by atomic mass is 9.83. The maximum atomic E-state index is 11.3. The molecule has 1 saturated heterocycles. The quantitative estimate of drug-likeness (QED) is 0.621. The summed E-state index contributed by atoms with van der Waals surface area (Å²) >= 11 is 0. The van der Waals surface area contributed by atoms with Gasteiger partial charge in [-0.3, -0.25) is 4.79 Å². The van der Waals surface area contributed by atoms with E-state index in [-0.39, 0.29) is 11.8 Å². The molecule has 1 rings (SSSR count). The van der Waals surface area contributed by atoms with Gasteiger partial charge >= 0.3 is 0 Å². The molecule has 0 spiro atoms. The molecule has 1 fully saturated rings. The second-order valence-electron chi connectivity index (χ2n) is 4.04. The monoisotopic (exact) mass is 186 g/mol. The molecule has 4 nitrogen and oxygen atoms in total. The molecule has 1 amide bonds. The molecule has 0 aliphatic carbocycles. The van der Waals surface area contributed by atoms with Gasteiger partial charge in [-0.05, 0) is 13.0 Å². The Morgan fingerprint density at radius 3 is 2.54 bits per heavy atom. The smallest absolute Gasteiger partial charge is 0.236 e. The number of nitrogens with zero attached hydrogens (tertiary/aromatic N) is 1. The second kappa shape index (κ2) is 3.64. The fraction of sp³-hybridized carbons (Fsp3) is 0.889. The highest BCUT2D eigenvalue weighted by atomic mass is 16.3. The van der Waals surface area contributed by atoms with Crippen molar-refractivity contribution in [1.82, 2.24) is 10.2 Å². The molecule has 0 aromatic heterocycles. The molecular formula is C9H18N2O2. The Hall–Kier alpha value is -0.610. The van der Waals surface area contributed by atoms with E-state index in [4.69, 9.17) is 0 Å². The number of hydrogen-bond donors (Lipinski definition) is 2. The maximum absolute atomic E-state index is 11.3. The van der Waals surface area contributed by atoms with Crippen LogP contribution in [0.15, 0.2) is 0 Å². The summed E-state index contributed by atoms with van der Waals surface area (Å²) in [5.74, 6) is 0.277. The highest BCUT2D eigenvalue weighted by Gasteiger charge is 2.45. The first-order valence-electron chi connectivity index (χ1n) is 4.64. The van der Waals surface area contributed by atoms with E-state index in [1.165, 1.54) is 0 Å². The first-order valence-corrected chi connectivity index (χ1v) is 4.64. The summed E-state index contributed by atoms with van der Waals surface area (Å²) in [6, 6.07) is 0. The van der Waals surface area contributed by atoms with E-state index < -0.39 is 5.60 Å². The van der Waals surface area contributed by atoms with Crippen LogP contribution in [0.25, 0.3) is 0 Å². The van der Waals surface area contributed by atoms with Gasteiger partial charge in [0.25, 0.3) is 0 Å². The lowest BCUT2D eigenvalue weighted by molar-refractivity contribution is -0.162. The van der Waals surface area contributed by atoms with E-state index in [0.717, 1.165) is 0 Å². The molecule has 0 aromatic rings. The summed E-state index contributed by atoms with van der Waals surface area (Å²) in [5, 5.41) is 12.7. The topological polar surface area (TPSA) is 52.6 Å². The normalized spacial score (nSPS) is 20.2. The minimum atomic E-state index is -0.649. The van der Waals surface area contributed by atoms with Crippen molar-refractivity contribution >= 4 is 5.91 Å². The van der Waals surface area contributed by atoms with Crippen LogP contribution in [-0.4, -0.2) is 48.2 Å². The Labute approximate surface area is 78.9 Å². The van der Waals surface area contributed by atoms with Crippen molar-refractivity contribution < 1.29 is 9.90 Å². The standard InChI is InChI=1S/C9H18N2O2/c1-7(2)9(13)5-11(6-9)8(12)4-10-3/h7,10,13H,4-6H2,1-3H3.